The van der Waals surface area contributed by atoms with Crippen molar-refractivity contribution in [3.8, 4) is 0 Å². The van der Waals surface area contributed by atoms with Gasteiger partial charge in [0.1, 0.15) is 6.04 Å². The number of nitrogens with zero attached hydrogens (tertiary/aromatic N) is 2. The lowest BCUT2D eigenvalue weighted by Crippen LogP contribution is -2.32. The number of amides is 3. The molecule has 1 aliphatic rings. The zero-order valence-corrected chi connectivity index (χ0v) is 16.3. The van der Waals surface area contributed by atoms with E-state index in [-0.39, 0.29) is 17.8 Å². The Balaban J connectivity index is 1.64. The van der Waals surface area contributed by atoms with Crippen molar-refractivity contribution < 1.29 is 9.59 Å². The Bertz CT molecular complexity index is 917. The first kappa shape index (κ1) is 18.3. The summed E-state index contributed by atoms with van der Waals surface area (Å²) >= 11 is 1.49. The van der Waals surface area contributed by atoms with Gasteiger partial charge >= 0.3 is 6.03 Å². The zero-order chi connectivity index (χ0) is 19.5. The van der Waals surface area contributed by atoms with E-state index in [9.17, 15) is 9.59 Å². The molecule has 3 aromatic rings. The maximum absolute atomic E-state index is 13.2. The topological polar surface area (TPSA) is 40.6 Å². The second kappa shape index (κ2) is 7.90. The third-order valence-electron chi connectivity index (χ3n) is 4.73. The second-order valence-electron chi connectivity index (χ2n) is 6.65. The van der Waals surface area contributed by atoms with Gasteiger partial charge in [-0.05, 0) is 36.8 Å². The largest absolute Gasteiger partial charge is 0.333 e. The number of thioether (sulfide) groups is 1. The van der Waals surface area contributed by atoms with Crippen LogP contribution in [-0.4, -0.2) is 22.7 Å². The highest BCUT2D eigenvalue weighted by molar-refractivity contribution is 7.99. The van der Waals surface area contributed by atoms with E-state index >= 15 is 0 Å². The van der Waals surface area contributed by atoms with Gasteiger partial charge in [0.05, 0.1) is 5.88 Å². The predicted molar refractivity (Wildman–Crippen MR) is 112 cm³/mol. The van der Waals surface area contributed by atoms with Crippen molar-refractivity contribution in [2.24, 2.45) is 0 Å². The number of carbonyl (C=O) groups is 2. The van der Waals surface area contributed by atoms with Gasteiger partial charge in [-0.15, -0.1) is 11.8 Å². The number of anilines is 1. The lowest BCUT2D eigenvalue weighted by atomic mass is 10.1. The van der Waals surface area contributed by atoms with Crippen LogP contribution in [0.2, 0.25) is 0 Å². The minimum Gasteiger partial charge on any atom is -0.277 e. The molecule has 0 bridgehead atoms. The minimum absolute atomic E-state index is 0.195. The van der Waals surface area contributed by atoms with Crippen LogP contribution in [0.25, 0.3) is 0 Å². The molecule has 0 aliphatic carbocycles. The molecule has 1 atom stereocenters. The summed E-state index contributed by atoms with van der Waals surface area (Å²) in [5.74, 6) is 0.0904. The Morgan fingerprint density at radius 3 is 2.07 bits per heavy atom. The van der Waals surface area contributed by atoms with E-state index < -0.39 is 6.04 Å². The Kier molecular flexibility index (Phi) is 5.17. The third-order valence-corrected chi connectivity index (χ3v) is 5.72. The van der Waals surface area contributed by atoms with Crippen LogP contribution in [0, 0.1) is 6.92 Å². The number of aryl methyl sites for hydroxylation is 1. The Morgan fingerprint density at radius 2 is 1.43 bits per heavy atom. The molecule has 0 saturated carbocycles. The molecule has 0 radical (unpaired) electrons. The lowest BCUT2D eigenvalue weighted by Gasteiger charge is -2.22. The van der Waals surface area contributed by atoms with Gasteiger partial charge < -0.3 is 0 Å². The highest BCUT2D eigenvalue weighted by Crippen LogP contribution is 2.36. The van der Waals surface area contributed by atoms with Crippen LogP contribution < -0.4 is 4.90 Å². The summed E-state index contributed by atoms with van der Waals surface area (Å²) in [6.45, 7) is 2.03. The molecule has 1 fully saturated rings. The summed E-state index contributed by atoms with van der Waals surface area (Å²) in [6.07, 6.45) is 0. The molecule has 3 aromatic carbocycles. The SMILES string of the molecule is Cc1ccc(SCN2C(=O)C(c3ccccc3)N(c3ccccc3)C2=O)cc1. The van der Waals surface area contributed by atoms with Crippen LogP contribution in [0.1, 0.15) is 17.2 Å². The van der Waals surface area contributed by atoms with Crippen molar-refractivity contribution in [3.63, 3.8) is 0 Å². The first-order valence-electron chi connectivity index (χ1n) is 9.09. The minimum atomic E-state index is -0.644. The summed E-state index contributed by atoms with van der Waals surface area (Å²) < 4.78 is 0. The summed E-state index contributed by atoms with van der Waals surface area (Å²) in [6, 6.07) is 26.0. The summed E-state index contributed by atoms with van der Waals surface area (Å²) in [5, 5.41) is 0. The molecule has 4 rings (SSSR count). The molecule has 3 amide bonds. The number of benzene rings is 3. The van der Waals surface area contributed by atoms with Gasteiger partial charge in [0, 0.05) is 10.6 Å². The van der Waals surface area contributed by atoms with E-state index in [2.05, 4.69) is 0 Å². The van der Waals surface area contributed by atoms with Crippen LogP contribution in [0.15, 0.2) is 89.8 Å². The predicted octanol–water partition coefficient (Wildman–Crippen LogP) is 5.25. The maximum Gasteiger partial charge on any atom is 0.333 e. The fraction of sp³-hybridized carbons (Fsp3) is 0.130. The van der Waals surface area contributed by atoms with E-state index in [1.807, 2.05) is 91.9 Å². The number of carbonyl (C=O) groups excluding carboxylic acids is 2. The summed E-state index contributed by atoms with van der Waals surface area (Å²) in [4.78, 5) is 30.4. The van der Waals surface area contributed by atoms with Gasteiger partial charge in [0.15, 0.2) is 0 Å². The Morgan fingerprint density at radius 1 is 0.821 bits per heavy atom. The molecule has 5 heteroatoms. The van der Waals surface area contributed by atoms with Crippen molar-refractivity contribution in [3.05, 3.63) is 96.1 Å². The fourth-order valence-corrected chi connectivity index (χ4v) is 4.10. The molecule has 1 unspecified atom stereocenters. The fourth-order valence-electron chi connectivity index (χ4n) is 3.26. The van der Waals surface area contributed by atoms with Gasteiger partial charge in [-0.3, -0.25) is 14.6 Å². The molecular formula is C23H20N2O2S. The molecule has 28 heavy (non-hydrogen) atoms. The van der Waals surface area contributed by atoms with E-state index in [0.717, 1.165) is 16.1 Å². The molecule has 140 valence electrons. The number of para-hydroxylation sites is 1. The highest BCUT2D eigenvalue weighted by atomic mass is 32.2. The standard InChI is InChI=1S/C23H20N2O2S/c1-17-12-14-20(15-13-17)28-16-24-22(26)21(18-8-4-2-5-9-18)25(23(24)27)19-10-6-3-7-11-19/h2-15,21H,16H2,1H3. The molecule has 0 N–H and O–H groups in total. The number of urea groups is 1. The van der Waals surface area contributed by atoms with Gasteiger partial charge in [0.25, 0.3) is 5.91 Å². The van der Waals surface area contributed by atoms with Crippen molar-refractivity contribution in [2.75, 3.05) is 10.8 Å². The molecule has 1 heterocycles. The average molecular weight is 388 g/mol. The number of hydrogen-bond acceptors (Lipinski definition) is 3. The van der Waals surface area contributed by atoms with Gasteiger partial charge in [-0.1, -0.05) is 66.2 Å². The number of hydrogen-bond donors (Lipinski definition) is 0. The number of imide groups is 1. The van der Waals surface area contributed by atoms with E-state index in [1.54, 1.807) is 4.90 Å². The van der Waals surface area contributed by atoms with Crippen LogP contribution in [0.5, 0.6) is 0 Å². The van der Waals surface area contributed by atoms with Crippen molar-refractivity contribution in [1.29, 1.82) is 0 Å². The molecule has 0 aromatic heterocycles. The van der Waals surface area contributed by atoms with Crippen LogP contribution >= 0.6 is 11.8 Å². The summed E-state index contributed by atoms with van der Waals surface area (Å²) in [7, 11) is 0. The van der Waals surface area contributed by atoms with Crippen molar-refractivity contribution in [1.82, 2.24) is 4.90 Å². The quantitative estimate of drug-likeness (QED) is 0.442. The first-order chi connectivity index (χ1) is 13.6. The smallest absolute Gasteiger partial charge is 0.277 e. The summed E-state index contributed by atoms with van der Waals surface area (Å²) in [5.41, 5.74) is 2.71. The highest BCUT2D eigenvalue weighted by Gasteiger charge is 2.46. The third kappa shape index (κ3) is 3.53. The second-order valence-corrected chi connectivity index (χ2v) is 7.67. The maximum atomic E-state index is 13.2. The average Bonchev–Trinajstić information content (AvgIpc) is 2.99. The van der Waals surface area contributed by atoms with Crippen LogP contribution in [0.3, 0.4) is 0 Å². The molecule has 0 spiro atoms. The van der Waals surface area contributed by atoms with Crippen molar-refractivity contribution in [2.45, 2.75) is 17.9 Å². The van der Waals surface area contributed by atoms with E-state index in [4.69, 9.17) is 0 Å². The van der Waals surface area contributed by atoms with Crippen LogP contribution in [-0.2, 0) is 4.79 Å². The Hall–Kier alpha value is -3.05. The number of rotatable bonds is 5. The van der Waals surface area contributed by atoms with E-state index in [0.29, 0.717) is 0 Å². The lowest BCUT2D eigenvalue weighted by molar-refractivity contribution is -0.126. The first-order valence-corrected chi connectivity index (χ1v) is 10.1. The van der Waals surface area contributed by atoms with Gasteiger partial charge in [-0.25, -0.2) is 4.79 Å². The normalized spacial score (nSPS) is 16.7. The van der Waals surface area contributed by atoms with E-state index in [1.165, 1.54) is 22.2 Å². The molecule has 1 aliphatic heterocycles. The van der Waals surface area contributed by atoms with Crippen LogP contribution in [0.4, 0.5) is 10.5 Å². The monoisotopic (exact) mass is 388 g/mol. The van der Waals surface area contributed by atoms with Gasteiger partial charge in [-0.2, -0.15) is 0 Å². The van der Waals surface area contributed by atoms with Crippen molar-refractivity contribution >= 4 is 29.4 Å². The molecular weight excluding hydrogens is 368 g/mol. The van der Waals surface area contributed by atoms with Gasteiger partial charge in [0.2, 0.25) is 0 Å². The molecule has 4 nitrogen and oxygen atoms in total. The molecule has 1 saturated heterocycles. The Labute approximate surface area is 168 Å². The zero-order valence-electron chi connectivity index (χ0n) is 15.5.